The van der Waals surface area contributed by atoms with Crippen LogP contribution in [0, 0.1) is 6.92 Å². The lowest BCUT2D eigenvalue weighted by Gasteiger charge is -2.09. The summed E-state index contributed by atoms with van der Waals surface area (Å²) >= 11 is 1.71. The van der Waals surface area contributed by atoms with Crippen molar-refractivity contribution in [2.45, 2.75) is 38.2 Å². The minimum Gasteiger partial charge on any atom is -0.493 e. The number of thioether (sulfide) groups is 1. The van der Waals surface area contributed by atoms with Crippen LogP contribution in [0.1, 0.15) is 31.7 Å². The summed E-state index contributed by atoms with van der Waals surface area (Å²) in [6.07, 6.45) is 1.06. The van der Waals surface area contributed by atoms with Gasteiger partial charge < -0.3 is 10.1 Å². The molecule has 2 aromatic rings. The van der Waals surface area contributed by atoms with E-state index in [0.29, 0.717) is 22.4 Å². The predicted molar refractivity (Wildman–Crippen MR) is 87.7 cm³/mol. The highest BCUT2D eigenvalue weighted by Gasteiger charge is 2.13. The van der Waals surface area contributed by atoms with E-state index in [4.69, 9.17) is 0 Å². The molecule has 0 aliphatic heterocycles. The number of rotatable bonds is 5. The summed E-state index contributed by atoms with van der Waals surface area (Å²) in [6.45, 7) is 6.19. The molecule has 2 rings (SSSR count). The van der Waals surface area contributed by atoms with E-state index >= 15 is 0 Å². The number of aromatic hydroxyl groups is 1. The average Bonchev–Trinajstić information content (AvgIpc) is 2.44. The van der Waals surface area contributed by atoms with Crippen molar-refractivity contribution in [1.82, 2.24) is 9.97 Å². The lowest BCUT2D eigenvalue weighted by molar-refractivity contribution is 0.451. The van der Waals surface area contributed by atoms with Gasteiger partial charge in [-0.1, -0.05) is 43.7 Å². The third-order valence-electron chi connectivity index (χ3n) is 3.34. The lowest BCUT2D eigenvalue weighted by Crippen LogP contribution is -2.14. The smallest absolute Gasteiger partial charge is 0.262 e. The zero-order valence-electron chi connectivity index (χ0n) is 12.5. The summed E-state index contributed by atoms with van der Waals surface area (Å²) in [5, 5.41) is 10.6. The molecule has 0 fully saturated rings. The van der Waals surface area contributed by atoms with Crippen LogP contribution in [0.4, 0.5) is 0 Å². The minimum atomic E-state index is -0.298. The molecule has 0 aliphatic rings. The normalized spacial score (nSPS) is 12.3. The van der Waals surface area contributed by atoms with Gasteiger partial charge in [0.1, 0.15) is 11.4 Å². The van der Waals surface area contributed by atoms with E-state index in [-0.39, 0.29) is 17.0 Å². The molecule has 0 amide bonds. The maximum Gasteiger partial charge on any atom is 0.262 e. The largest absolute Gasteiger partial charge is 0.493 e. The Hall–Kier alpha value is -1.75. The standard InChI is InChI=1S/C16H20N2O2S/c1-4-11(3)21-9-13-17-15(19)14(16(20)18-13)12-7-5-6-10(2)8-12/h5-8,11H,4,9H2,1-3H3,(H2,17,18,19,20). The van der Waals surface area contributed by atoms with Gasteiger partial charge in [-0.15, -0.1) is 0 Å². The first kappa shape index (κ1) is 15.6. The van der Waals surface area contributed by atoms with Gasteiger partial charge in [-0.05, 0) is 18.9 Å². The number of benzene rings is 1. The van der Waals surface area contributed by atoms with Gasteiger partial charge in [-0.25, -0.2) is 0 Å². The fraction of sp³-hybridized carbons (Fsp3) is 0.375. The Labute approximate surface area is 128 Å². The van der Waals surface area contributed by atoms with Crippen LogP contribution in [0.25, 0.3) is 11.1 Å². The van der Waals surface area contributed by atoms with E-state index < -0.39 is 0 Å². The van der Waals surface area contributed by atoms with E-state index in [9.17, 15) is 9.90 Å². The Kier molecular flexibility index (Phi) is 5.07. The van der Waals surface area contributed by atoms with E-state index in [2.05, 4.69) is 23.8 Å². The lowest BCUT2D eigenvalue weighted by atomic mass is 10.1. The van der Waals surface area contributed by atoms with Crippen LogP contribution in [-0.2, 0) is 5.75 Å². The number of nitrogens with one attached hydrogen (secondary N) is 1. The minimum absolute atomic E-state index is 0.205. The summed E-state index contributed by atoms with van der Waals surface area (Å²) in [7, 11) is 0. The zero-order valence-corrected chi connectivity index (χ0v) is 13.3. The second kappa shape index (κ2) is 6.80. The quantitative estimate of drug-likeness (QED) is 0.887. The highest BCUT2D eigenvalue weighted by molar-refractivity contribution is 7.99. The molecule has 1 aromatic carbocycles. The molecule has 1 atom stereocenters. The van der Waals surface area contributed by atoms with Crippen LogP contribution in [0.2, 0.25) is 0 Å². The monoisotopic (exact) mass is 304 g/mol. The SMILES string of the molecule is CCC(C)SCc1nc(O)c(-c2cccc(C)c2)c(=O)[nH]1. The second-order valence-electron chi connectivity index (χ2n) is 5.11. The summed E-state index contributed by atoms with van der Waals surface area (Å²) < 4.78 is 0. The molecule has 4 nitrogen and oxygen atoms in total. The van der Waals surface area contributed by atoms with Crippen LogP contribution < -0.4 is 5.56 Å². The number of hydrogen-bond acceptors (Lipinski definition) is 4. The summed E-state index contributed by atoms with van der Waals surface area (Å²) in [5.41, 5.74) is 1.65. The fourth-order valence-electron chi connectivity index (χ4n) is 1.97. The molecule has 112 valence electrons. The van der Waals surface area contributed by atoms with Gasteiger partial charge >= 0.3 is 0 Å². The van der Waals surface area contributed by atoms with Crippen molar-refractivity contribution in [3.8, 4) is 17.0 Å². The maximum absolute atomic E-state index is 12.2. The molecule has 21 heavy (non-hydrogen) atoms. The first-order valence-electron chi connectivity index (χ1n) is 7.02. The molecule has 0 spiro atoms. The van der Waals surface area contributed by atoms with Crippen LogP contribution >= 0.6 is 11.8 Å². The highest BCUT2D eigenvalue weighted by atomic mass is 32.2. The van der Waals surface area contributed by atoms with Gasteiger partial charge in [0.2, 0.25) is 5.88 Å². The maximum atomic E-state index is 12.2. The van der Waals surface area contributed by atoms with E-state index in [0.717, 1.165) is 12.0 Å². The van der Waals surface area contributed by atoms with Gasteiger partial charge in [0.25, 0.3) is 5.56 Å². The van der Waals surface area contributed by atoms with Crippen molar-refractivity contribution in [2.24, 2.45) is 0 Å². The zero-order chi connectivity index (χ0) is 15.4. The van der Waals surface area contributed by atoms with E-state index in [1.54, 1.807) is 17.8 Å². The molecule has 0 bridgehead atoms. The molecule has 0 aliphatic carbocycles. The van der Waals surface area contributed by atoms with Gasteiger partial charge in [-0.2, -0.15) is 16.7 Å². The predicted octanol–water partition coefficient (Wildman–Crippen LogP) is 3.48. The van der Waals surface area contributed by atoms with Crippen molar-refractivity contribution in [2.75, 3.05) is 0 Å². The first-order chi connectivity index (χ1) is 10.0. The first-order valence-corrected chi connectivity index (χ1v) is 8.07. The van der Waals surface area contributed by atoms with Crippen molar-refractivity contribution < 1.29 is 5.11 Å². The van der Waals surface area contributed by atoms with Gasteiger partial charge in [0.05, 0.1) is 5.75 Å². The molecule has 0 saturated carbocycles. The van der Waals surface area contributed by atoms with E-state index in [1.165, 1.54) is 0 Å². The van der Waals surface area contributed by atoms with Gasteiger partial charge in [0.15, 0.2) is 0 Å². The molecular weight excluding hydrogens is 284 g/mol. The summed E-state index contributed by atoms with van der Waals surface area (Å²) in [5.74, 6) is 0.898. The molecule has 2 N–H and O–H groups in total. The molecule has 5 heteroatoms. The van der Waals surface area contributed by atoms with Crippen molar-refractivity contribution >= 4 is 11.8 Å². The van der Waals surface area contributed by atoms with E-state index in [1.807, 2.05) is 25.1 Å². The Morgan fingerprint density at radius 3 is 2.81 bits per heavy atom. The number of hydrogen-bond donors (Lipinski definition) is 2. The number of aromatic amines is 1. The number of aromatic nitrogens is 2. The van der Waals surface area contributed by atoms with Crippen molar-refractivity contribution in [3.63, 3.8) is 0 Å². The third-order valence-corrected chi connectivity index (χ3v) is 4.68. The van der Waals surface area contributed by atoms with Crippen LogP contribution in [0.15, 0.2) is 29.1 Å². The van der Waals surface area contributed by atoms with Crippen LogP contribution in [0.5, 0.6) is 5.88 Å². The second-order valence-corrected chi connectivity index (χ2v) is 6.54. The molecule has 1 heterocycles. The Morgan fingerprint density at radius 2 is 2.19 bits per heavy atom. The van der Waals surface area contributed by atoms with Crippen molar-refractivity contribution in [3.05, 3.63) is 46.0 Å². The van der Waals surface area contributed by atoms with Crippen LogP contribution in [0.3, 0.4) is 0 Å². The molecule has 0 radical (unpaired) electrons. The fourth-order valence-corrected chi connectivity index (χ4v) is 2.79. The summed E-state index contributed by atoms with van der Waals surface area (Å²) in [4.78, 5) is 19.1. The molecule has 0 saturated heterocycles. The van der Waals surface area contributed by atoms with Gasteiger partial charge in [-0.3, -0.25) is 4.79 Å². The number of aryl methyl sites for hydroxylation is 1. The average molecular weight is 304 g/mol. The molecular formula is C16H20N2O2S. The van der Waals surface area contributed by atoms with Crippen LogP contribution in [-0.4, -0.2) is 20.3 Å². The Bertz CT molecular complexity index is 682. The number of nitrogens with zero attached hydrogens (tertiary/aromatic N) is 1. The van der Waals surface area contributed by atoms with Crippen molar-refractivity contribution in [1.29, 1.82) is 0 Å². The number of H-pyrrole nitrogens is 1. The topological polar surface area (TPSA) is 66.0 Å². The van der Waals surface area contributed by atoms with Gasteiger partial charge in [0, 0.05) is 5.25 Å². The Morgan fingerprint density at radius 1 is 1.43 bits per heavy atom. The molecule has 1 unspecified atom stereocenters. The third kappa shape index (κ3) is 3.88. The summed E-state index contributed by atoms with van der Waals surface area (Å²) in [6, 6.07) is 7.46. The molecule has 1 aromatic heterocycles. The Balaban J connectivity index is 2.32. The highest BCUT2D eigenvalue weighted by Crippen LogP contribution is 2.25.